The number of amides is 1. The molecule has 0 aromatic heterocycles. The molecule has 1 N–H and O–H groups in total. The Morgan fingerprint density at radius 3 is 2.67 bits per heavy atom. The minimum absolute atomic E-state index is 0.117. The highest BCUT2D eigenvalue weighted by atomic mass is 16.5. The highest BCUT2D eigenvalue weighted by molar-refractivity contribution is 5.93. The first-order valence-corrected chi connectivity index (χ1v) is 5.39. The Kier molecular flexibility index (Phi) is 4.78. The molecular formula is C11H20N2O2. The van der Waals surface area contributed by atoms with Gasteiger partial charge in [0.15, 0.2) is 0 Å². The molecule has 0 aromatic carbocycles. The van der Waals surface area contributed by atoms with Gasteiger partial charge in [-0.1, -0.05) is 0 Å². The van der Waals surface area contributed by atoms with Crippen LogP contribution in [0.3, 0.4) is 0 Å². The normalized spacial score (nSPS) is 14.7. The second-order valence-corrected chi connectivity index (χ2v) is 3.76. The Labute approximate surface area is 91.3 Å². The lowest BCUT2D eigenvalue weighted by Crippen LogP contribution is -2.38. The fraction of sp³-hybridized carbons (Fsp3) is 0.727. The van der Waals surface area contributed by atoms with E-state index in [0.717, 1.165) is 18.7 Å². The van der Waals surface area contributed by atoms with Gasteiger partial charge >= 0.3 is 0 Å². The molecule has 0 radical (unpaired) electrons. The Morgan fingerprint density at radius 1 is 1.53 bits per heavy atom. The molecular weight excluding hydrogens is 192 g/mol. The molecule has 15 heavy (non-hydrogen) atoms. The van der Waals surface area contributed by atoms with Crippen molar-refractivity contribution < 1.29 is 9.53 Å². The number of hydrogen-bond donors (Lipinski definition) is 1. The summed E-state index contributed by atoms with van der Waals surface area (Å²) in [6.07, 6.45) is 0. The van der Waals surface area contributed by atoms with Crippen molar-refractivity contribution in [1.82, 2.24) is 10.2 Å². The highest BCUT2D eigenvalue weighted by Crippen LogP contribution is 2.10. The maximum atomic E-state index is 11.9. The van der Waals surface area contributed by atoms with E-state index in [9.17, 15) is 4.79 Å². The molecule has 1 saturated heterocycles. The number of carbonyl (C=O) groups is 1. The standard InChI is InChI=1S/C11H20N2O2/c1-4-15-6-5-13(3)11(14)9(2)10-7-12-8-10/h12H,4-8H2,1-3H3. The number of nitrogens with one attached hydrogen (secondary N) is 1. The van der Waals surface area contributed by atoms with Gasteiger partial charge in [-0.15, -0.1) is 0 Å². The zero-order chi connectivity index (χ0) is 11.3. The summed E-state index contributed by atoms with van der Waals surface area (Å²) in [5.74, 6) is 0.117. The van der Waals surface area contributed by atoms with Gasteiger partial charge in [0, 0.05) is 38.9 Å². The molecule has 1 aliphatic rings. The fourth-order valence-corrected chi connectivity index (χ4v) is 1.40. The van der Waals surface area contributed by atoms with Gasteiger partial charge in [0.25, 0.3) is 0 Å². The van der Waals surface area contributed by atoms with E-state index in [1.165, 1.54) is 5.57 Å². The second-order valence-electron chi connectivity index (χ2n) is 3.76. The van der Waals surface area contributed by atoms with Crippen molar-refractivity contribution >= 4 is 5.91 Å². The Morgan fingerprint density at radius 2 is 2.20 bits per heavy atom. The number of rotatable bonds is 5. The zero-order valence-corrected chi connectivity index (χ0v) is 9.80. The maximum absolute atomic E-state index is 11.9. The van der Waals surface area contributed by atoms with Crippen molar-refractivity contribution in [3.8, 4) is 0 Å². The number of likely N-dealkylation sites (N-methyl/N-ethyl adjacent to an activating group) is 1. The largest absolute Gasteiger partial charge is 0.380 e. The van der Waals surface area contributed by atoms with Crippen molar-refractivity contribution in [1.29, 1.82) is 0 Å². The molecule has 86 valence electrons. The lowest BCUT2D eigenvalue weighted by atomic mass is 10.0. The van der Waals surface area contributed by atoms with Crippen molar-refractivity contribution in [2.45, 2.75) is 13.8 Å². The molecule has 1 amide bonds. The summed E-state index contributed by atoms with van der Waals surface area (Å²) in [6, 6.07) is 0. The van der Waals surface area contributed by atoms with E-state index in [0.29, 0.717) is 19.8 Å². The van der Waals surface area contributed by atoms with Crippen LogP contribution in [-0.4, -0.2) is 50.7 Å². The van der Waals surface area contributed by atoms with Crippen LogP contribution in [0.4, 0.5) is 0 Å². The first kappa shape index (κ1) is 12.2. The predicted octanol–water partition coefficient (Wildman–Crippen LogP) is 0.401. The van der Waals surface area contributed by atoms with E-state index in [-0.39, 0.29) is 5.91 Å². The van der Waals surface area contributed by atoms with Gasteiger partial charge in [0.2, 0.25) is 5.91 Å². The summed E-state index contributed by atoms with van der Waals surface area (Å²) in [6.45, 7) is 7.54. The summed E-state index contributed by atoms with van der Waals surface area (Å²) < 4.78 is 5.21. The van der Waals surface area contributed by atoms with Crippen LogP contribution in [0.1, 0.15) is 13.8 Å². The van der Waals surface area contributed by atoms with Crippen molar-refractivity contribution in [2.75, 3.05) is 39.9 Å². The first-order valence-electron chi connectivity index (χ1n) is 5.39. The van der Waals surface area contributed by atoms with Gasteiger partial charge in [-0.25, -0.2) is 0 Å². The van der Waals surface area contributed by atoms with E-state index in [1.807, 2.05) is 20.9 Å². The average Bonchev–Trinajstić information content (AvgIpc) is 2.14. The van der Waals surface area contributed by atoms with Crippen LogP contribution in [0.5, 0.6) is 0 Å². The second kappa shape index (κ2) is 5.88. The quantitative estimate of drug-likeness (QED) is 0.530. The third-order valence-corrected chi connectivity index (χ3v) is 2.65. The number of carbonyl (C=O) groups excluding carboxylic acids is 1. The smallest absolute Gasteiger partial charge is 0.249 e. The van der Waals surface area contributed by atoms with E-state index in [4.69, 9.17) is 4.74 Å². The number of ether oxygens (including phenoxy) is 1. The first-order chi connectivity index (χ1) is 7.16. The molecule has 1 aliphatic heterocycles. The van der Waals surface area contributed by atoms with E-state index < -0.39 is 0 Å². The Bertz CT molecular complexity index is 255. The zero-order valence-electron chi connectivity index (χ0n) is 9.80. The summed E-state index contributed by atoms with van der Waals surface area (Å²) in [4.78, 5) is 13.6. The van der Waals surface area contributed by atoms with Crippen LogP contribution in [0, 0.1) is 0 Å². The van der Waals surface area contributed by atoms with Crippen LogP contribution < -0.4 is 5.32 Å². The van der Waals surface area contributed by atoms with Gasteiger partial charge in [0.05, 0.1) is 6.61 Å². The summed E-state index contributed by atoms with van der Waals surface area (Å²) in [7, 11) is 1.82. The van der Waals surface area contributed by atoms with Crippen molar-refractivity contribution in [3.63, 3.8) is 0 Å². The summed E-state index contributed by atoms with van der Waals surface area (Å²) in [5.41, 5.74) is 2.11. The molecule has 1 fully saturated rings. The Balaban J connectivity index is 2.38. The molecule has 0 atom stereocenters. The maximum Gasteiger partial charge on any atom is 0.249 e. The van der Waals surface area contributed by atoms with Crippen LogP contribution in [-0.2, 0) is 9.53 Å². The number of hydrogen-bond acceptors (Lipinski definition) is 3. The van der Waals surface area contributed by atoms with Gasteiger partial charge in [-0.05, 0) is 19.4 Å². The van der Waals surface area contributed by atoms with Crippen molar-refractivity contribution in [2.24, 2.45) is 0 Å². The van der Waals surface area contributed by atoms with Crippen LogP contribution >= 0.6 is 0 Å². The van der Waals surface area contributed by atoms with Crippen LogP contribution in [0.25, 0.3) is 0 Å². The van der Waals surface area contributed by atoms with Gasteiger partial charge in [-0.2, -0.15) is 0 Å². The lowest BCUT2D eigenvalue weighted by Gasteiger charge is -2.24. The molecule has 1 rings (SSSR count). The molecule has 0 aromatic rings. The van der Waals surface area contributed by atoms with E-state index in [1.54, 1.807) is 4.90 Å². The Hall–Kier alpha value is -0.870. The molecule has 0 spiro atoms. The molecule has 0 unspecified atom stereocenters. The van der Waals surface area contributed by atoms with Gasteiger partial charge < -0.3 is 15.0 Å². The third-order valence-electron chi connectivity index (χ3n) is 2.65. The molecule has 0 bridgehead atoms. The summed E-state index contributed by atoms with van der Waals surface area (Å²) in [5, 5.41) is 3.13. The van der Waals surface area contributed by atoms with E-state index >= 15 is 0 Å². The monoisotopic (exact) mass is 212 g/mol. The van der Waals surface area contributed by atoms with Gasteiger partial charge in [0.1, 0.15) is 0 Å². The molecule has 0 aliphatic carbocycles. The minimum Gasteiger partial charge on any atom is -0.380 e. The predicted molar refractivity (Wildman–Crippen MR) is 59.7 cm³/mol. The van der Waals surface area contributed by atoms with E-state index in [2.05, 4.69) is 5.32 Å². The fourth-order valence-electron chi connectivity index (χ4n) is 1.40. The third kappa shape index (κ3) is 3.32. The highest BCUT2D eigenvalue weighted by Gasteiger charge is 2.18. The average molecular weight is 212 g/mol. The molecule has 1 heterocycles. The van der Waals surface area contributed by atoms with Crippen molar-refractivity contribution in [3.05, 3.63) is 11.1 Å². The number of nitrogens with zero attached hydrogens (tertiary/aromatic N) is 1. The molecule has 4 heteroatoms. The SMILES string of the molecule is CCOCCN(C)C(=O)C(C)=C1CNC1. The van der Waals surface area contributed by atoms with Crippen LogP contribution in [0.2, 0.25) is 0 Å². The minimum atomic E-state index is 0.117. The van der Waals surface area contributed by atoms with Gasteiger partial charge in [-0.3, -0.25) is 4.79 Å². The molecule has 4 nitrogen and oxygen atoms in total. The lowest BCUT2D eigenvalue weighted by molar-refractivity contribution is -0.126. The van der Waals surface area contributed by atoms with Crippen LogP contribution in [0.15, 0.2) is 11.1 Å². The topological polar surface area (TPSA) is 41.6 Å². The molecule has 0 saturated carbocycles. The summed E-state index contributed by atoms with van der Waals surface area (Å²) >= 11 is 0.